The van der Waals surface area contributed by atoms with Gasteiger partial charge < -0.3 is 29.5 Å². The van der Waals surface area contributed by atoms with Gasteiger partial charge in [0, 0.05) is 6.20 Å². The smallest absolute Gasteiger partial charge is 0.330 e. The van der Waals surface area contributed by atoms with Gasteiger partial charge in [0.2, 0.25) is 0 Å². The summed E-state index contributed by atoms with van der Waals surface area (Å²) in [6, 6.07) is 23.9. The summed E-state index contributed by atoms with van der Waals surface area (Å²) in [4.78, 5) is 29.2. The Morgan fingerprint density at radius 3 is 1.82 bits per heavy atom. The first kappa shape index (κ1) is 27.4. The van der Waals surface area contributed by atoms with Gasteiger partial charge in [0.1, 0.15) is 29.8 Å². The summed E-state index contributed by atoms with van der Waals surface area (Å²) in [7, 11) is 3.12. The number of H-pyrrole nitrogens is 1. The molecule has 0 aliphatic carbocycles. The molecule has 0 saturated carbocycles. The molecule has 0 unspecified atom stereocenters. The summed E-state index contributed by atoms with van der Waals surface area (Å²) in [5, 5.41) is 30.6. The number of nitrogens with one attached hydrogen (secondary N) is 1. The molecule has 0 spiro atoms. The summed E-state index contributed by atoms with van der Waals surface area (Å²) in [5.74, 6) is 1.23. The lowest BCUT2D eigenvalue weighted by atomic mass is 9.65. The number of methoxy groups -OCH3 is 2. The van der Waals surface area contributed by atoms with Crippen molar-refractivity contribution in [1.82, 2.24) is 9.55 Å². The maximum Gasteiger partial charge on any atom is 0.330 e. The quantitative estimate of drug-likeness (QED) is 0.244. The molecule has 4 N–H and O–H groups in total. The Labute approximate surface area is 229 Å². The molecule has 0 bridgehead atoms. The summed E-state index contributed by atoms with van der Waals surface area (Å²) >= 11 is 0. The Morgan fingerprint density at radius 1 is 0.825 bits per heavy atom. The van der Waals surface area contributed by atoms with Crippen LogP contribution in [0.2, 0.25) is 0 Å². The summed E-state index contributed by atoms with van der Waals surface area (Å²) in [5.41, 5.74) is -0.475. The molecule has 1 aliphatic rings. The fraction of sp³-hybridized carbons (Fsp3) is 0.267. The molecule has 3 aromatic carbocycles. The normalized spacial score (nSPS) is 20.8. The van der Waals surface area contributed by atoms with Crippen LogP contribution in [0.25, 0.3) is 0 Å². The fourth-order valence-electron chi connectivity index (χ4n) is 5.39. The van der Waals surface area contributed by atoms with Gasteiger partial charge in [-0.3, -0.25) is 14.3 Å². The van der Waals surface area contributed by atoms with Crippen molar-refractivity contribution in [3.05, 3.63) is 128 Å². The van der Waals surface area contributed by atoms with Crippen molar-refractivity contribution in [3.63, 3.8) is 0 Å². The van der Waals surface area contributed by atoms with Crippen LogP contribution < -0.4 is 20.7 Å². The molecular formula is C30H30N2O8. The third-order valence-corrected chi connectivity index (χ3v) is 7.42. The molecule has 1 saturated heterocycles. The molecule has 0 radical (unpaired) electrons. The number of aliphatic hydroxyl groups excluding tert-OH is 3. The minimum Gasteiger partial charge on any atom is -0.497 e. The zero-order chi connectivity index (χ0) is 28.4. The Kier molecular flexibility index (Phi) is 7.59. The van der Waals surface area contributed by atoms with Crippen molar-refractivity contribution in [2.24, 2.45) is 0 Å². The monoisotopic (exact) mass is 546 g/mol. The van der Waals surface area contributed by atoms with Gasteiger partial charge in [-0.1, -0.05) is 54.6 Å². The van der Waals surface area contributed by atoms with E-state index in [1.54, 1.807) is 38.5 Å². The zero-order valence-electron chi connectivity index (χ0n) is 21.9. The number of nitrogens with zero attached hydrogens (tertiary/aromatic N) is 1. The minimum absolute atomic E-state index is 0.159. The lowest BCUT2D eigenvalue weighted by Gasteiger charge is -2.36. The highest BCUT2D eigenvalue weighted by molar-refractivity contribution is 5.59. The van der Waals surface area contributed by atoms with Gasteiger partial charge in [0.05, 0.1) is 31.8 Å². The third kappa shape index (κ3) is 4.50. The van der Waals surface area contributed by atoms with Gasteiger partial charge in [-0.15, -0.1) is 0 Å². The fourth-order valence-corrected chi connectivity index (χ4v) is 5.39. The second kappa shape index (κ2) is 11.1. The average Bonchev–Trinajstić information content (AvgIpc) is 3.28. The second-order valence-electron chi connectivity index (χ2n) is 9.51. The van der Waals surface area contributed by atoms with Crippen LogP contribution in [0.4, 0.5) is 0 Å². The molecule has 4 atom stereocenters. The van der Waals surface area contributed by atoms with Crippen molar-refractivity contribution in [2.75, 3.05) is 20.8 Å². The Morgan fingerprint density at radius 2 is 1.35 bits per heavy atom. The Hall–Kier alpha value is -4.22. The van der Waals surface area contributed by atoms with Crippen LogP contribution in [0.15, 0.2) is 94.6 Å². The van der Waals surface area contributed by atoms with Crippen molar-refractivity contribution < 1.29 is 29.5 Å². The van der Waals surface area contributed by atoms with E-state index in [9.17, 15) is 24.9 Å². The van der Waals surface area contributed by atoms with Gasteiger partial charge in [-0.25, -0.2) is 4.79 Å². The standard InChI is InChI=1S/C30H30N2O8/c1-38-21-12-8-19(9-13-21)30(18-6-4-3-5-7-18,20-10-14-22(39-2)15-11-20)23-16-32(29(37)31-27(23)36)28-26(35)25(34)24(17-33)40-28/h3-16,24-26,28,33-35H,17H2,1-2H3,(H,31,36,37)/t24-,25-,26-,28-/m1/s1. The molecule has 0 amide bonds. The highest BCUT2D eigenvalue weighted by Gasteiger charge is 2.46. The van der Waals surface area contributed by atoms with Crippen LogP contribution >= 0.6 is 0 Å². The van der Waals surface area contributed by atoms with E-state index in [1.165, 1.54) is 6.20 Å². The zero-order valence-corrected chi connectivity index (χ0v) is 21.9. The highest BCUT2D eigenvalue weighted by atomic mass is 16.6. The van der Waals surface area contributed by atoms with E-state index in [2.05, 4.69) is 4.98 Å². The highest BCUT2D eigenvalue weighted by Crippen LogP contribution is 2.44. The number of hydrogen-bond acceptors (Lipinski definition) is 8. The molecular weight excluding hydrogens is 516 g/mol. The molecule has 10 heteroatoms. The predicted molar refractivity (Wildman–Crippen MR) is 146 cm³/mol. The molecule has 40 heavy (non-hydrogen) atoms. The van der Waals surface area contributed by atoms with Gasteiger partial charge in [-0.05, 0) is 41.0 Å². The number of ether oxygens (including phenoxy) is 3. The predicted octanol–water partition coefficient (Wildman–Crippen LogP) is 1.55. The summed E-state index contributed by atoms with van der Waals surface area (Å²) in [6.45, 7) is -0.564. The van der Waals surface area contributed by atoms with Crippen LogP contribution in [0, 0.1) is 0 Å². The topological polar surface area (TPSA) is 143 Å². The van der Waals surface area contributed by atoms with Crippen LogP contribution in [0.1, 0.15) is 28.5 Å². The molecule has 1 aliphatic heterocycles. The molecule has 10 nitrogen and oxygen atoms in total. The minimum atomic E-state index is -1.53. The van der Waals surface area contributed by atoms with E-state index in [0.29, 0.717) is 22.6 Å². The van der Waals surface area contributed by atoms with Gasteiger partial charge in [0.15, 0.2) is 6.23 Å². The first-order chi connectivity index (χ1) is 19.3. The SMILES string of the molecule is COc1ccc(C(c2ccccc2)(c2ccc(OC)cc2)c2cn([C@@H]3O[C@H](CO)[C@@H](O)[C@H]3O)c(=O)[nH]c2=O)cc1. The maximum absolute atomic E-state index is 13.8. The first-order valence-corrected chi connectivity index (χ1v) is 12.7. The van der Waals surface area contributed by atoms with Crippen LogP contribution in [0.3, 0.4) is 0 Å². The lowest BCUT2D eigenvalue weighted by molar-refractivity contribution is -0.0551. The van der Waals surface area contributed by atoms with Gasteiger partial charge >= 0.3 is 5.69 Å². The number of benzene rings is 3. The van der Waals surface area contributed by atoms with Crippen LogP contribution in [0.5, 0.6) is 11.5 Å². The Bertz CT molecular complexity index is 1520. The van der Waals surface area contributed by atoms with E-state index in [4.69, 9.17) is 14.2 Å². The van der Waals surface area contributed by atoms with Crippen molar-refractivity contribution in [1.29, 1.82) is 0 Å². The number of aromatic nitrogens is 2. The Balaban J connectivity index is 1.85. The first-order valence-electron chi connectivity index (χ1n) is 12.7. The number of rotatable bonds is 8. The number of hydrogen-bond donors (Lipinski definition) is 4. The summed E-state index contributed by atoms with van der Waals surface area (Å²) < 4.78 is 17.5. The molecule has 4 aromatic rings. The molecule has 1 aromatic heterocycles. The molecule has 5 rings (SSSR count). The molecule has 1 fully saturated rings. The van der Waals surface area contributed by atoms with Crippen LogP contribution in [-0.4, -0.2) is 64.0 Å². The van der Waals surface area contributed by atoms with Gasteiger partial charge in [-0.2, -0.15) is 0 Å². The molecule has 208 valence electrons. The third-order valence-electron chi connectivity index (χ3n) is 7.42. The van der Waals surface area contributed by atoms with Gasteiger partial charge in [0.25, 0.3) is 5.56 Å². The van der Waals surface area contributed by atoms with Crippen molar-refractivity contribution in [3.8, 4) is 11.5 Å². The van der Waals surface area contributed by atoms with Crippen LogP contribution in [-0.2, 0) is 10.2 Å². The second-order valence-corrected chi connectivity index (χ2v) is 9.51. The van der Waals surface area contributed by atoms with E-state index in [-0.39, 0.29) is 5.56 Å². The maximum atomic E-state index is 13.8. The largest absolute Gasteiger partial charge is 0.497 e. The van der Waals surface area contributed by atoms with Crippen molar-refractivity contribution in [2.45, 2.75) is 30.0 Å². The number of aromatic amines is 1. The van der Waals surface area contributed by atoms with E-state index >= 15 is 0 Å². The summed E-state index contributed by atoms with van der Waals surface area (Å²) in [6.07, 6.45) is -4.07. The lowest BCUT2D eigenvalue weighted by Crippen LogP contribution is -2.43. The number of aliphatic hydroxyl groups is 3. The van der Waals surface area contributed by atoms with E-state index in [0.717, 1.165) is 10.1 Å². The van der Waals surface area contributed by atoms with Crippen molar-refractivity contribution >= 4 is 0 Å². The van der Waals surface area contributed by atoms with E-state index in [1.807, 2.05) is 54.6 Å². The van der Waals surface area contributed by atoms with E-state index < -0.39 is 47.8 Å². The average molecular weight is 547 g/mol. The molecule has 2 heterocycles.